The Hall–Kier alpha value is -3.48. The Kier molecular flexibility index (Phi) is 8.10. The summed E-state index contributed by atoms with van der Waals surface area (Å²) in [6, 6.07) is 14.2. The third-order valence-electron chi connectivity index (χ3n) is 6.62. The first kappa shape index (κ1) is 26.6. The topological polar surface area (TPSA) is 169 Å². The third-order valence-corrected chi connectivity index (χ3v) is 7.98. The lowest BCUT2D eigenvalue weighted by Gasteiger charge is -2.38. The average Bonchev–Trinajstić information content (AvgIpc) is 2.97. The van der Waals surface area contributed by atoms with Crippen LogP contribution in [0.1, 0.15) is 30.4 Å². The Morgan fingerprint density at radius 1 is 1.11 bits per heavy atom. The number of nitrogens with zero attached hydrogens (tertiary/aromatic N) is 2. The van der Waals surface area contributed by atoms with Crippen LogP contribution in [-0.4, -0.2) is 67.6 Å². The number of benzene rings is 2. The highest BCUT2D eigenvalue weighted by molar-refractivity contribution is 7.88. The van der Waals surface area contributed by atoms with E-state index in [1.54, 1.807) is 42.5 Å². The van der Waals surface area contributed by atoms with E-state index in [9.17, 15) is 23.1 Å². The molecular formula is C25H32N6O5S. The normalized spacial score (nSPS) is 22.2. The minimum Gasteiger partial charge on any atom is -0.371 e. The van der Waals surface area contributed by atoms with Gasteiger partial charge in [0.2, 0.25) is 21.8 Å². The van der Waals surface area contributed by atoms with Crippen LogP contribution in [0.5, 0.6) is 0 Å². The molecule has 11 nitrogen and oxygen atoms in total. The number of fused-ring (bicyclic) bond motifs is 1. The Morgan fingerprint density at radius 2 is 1.81 bits per heavy atom. The number of hydrogen-bond donors (Lipinski definition) is 5. The van der Waals surface area contributed by atoms with Gasteiger partial charge >= 0.3 is 0 Å². The van der Waals surface area contributed by atoms with Gasteiger partial charge in [0, 0.05) is 12.2 Å². The molecule has 2 aliphatic heterocycles. The van der Waals surface area contributed by atoms with Crippen molar-refractivity contribution in [2.24, 2.45) is 5.73 Å². The maximum absolute atomic E-state index is 13.6. The smallest absolute Gasteiger partial charge is 0.245 e. The van der Waals surface area contributed by atoms with E-state index in [4.69, 9.17) is 11.1 Å². The zero-order chi connectivity index (χ0) is 26.6. The summed E-state index contributed by atoms with van der Waals surface area (Å²) < 4.78 is 28.3. The number of aliphatic hydroxyl groups is 1. The molecule has 2 aliphatic rings. The second-order valence-corrected chi connectivity index (χ2v) is 11.1. The van der Waals surface area contributed by atoms with Gasteiger partial charge in [0.05, 0.1) is 11.8 Å². The average molecular weight is 529 g/mol. The van der Waals surface area contributed by atoms with Crippen LogP contribution in [0, 0.1) is 5.41 Å². The molecule has 2 aromatic rings. The van der Waals surface area contributed by atoms with Crippen LogP contribution in [0.4, 0.5) is 5.69 Å². The fraction of sp³-hybridized carbons (Fsp3) is 0.400. The van der Waals surface area contributed by atoms with Crippen LogP contribution in [0.2, 0.25) is 0 Å². The van der Waals surface area contributed by atoms with E-state index in [2.05, 4.69) is 10.0 Å². The second-order valence-electron chi connectivity index (χ2n) is 9.32. The molecule has 0 spiro atoms. The van der Waals surface area contributed by atoms with Crippen molar-refractivity contribution in [3.8, 4) is 0 Å². The molecule has 3 atom stereocenters. The molecule has 2 heterocycles. The summed E-state index contributed by atoms with van der Waals surface area (Å²) in [5.74, 6) is -1.58. The van der Waals surface area contributed by atoms with Crippen LogP contribution < -0.4 is 20.7 Å². The Labute approximate surface area is 216 Å². The van der Waals surface area contributed by atoms with Gasteiger partial charge in [-0.15, -0.1) is 0 Å². The van der Waals surface area contributed by atoms with Crippen molar-refractivity contribution in [3.05, 3.63) is 65.7 Å². The molecule has 0 radical (unpaired) electrons. The highest BCUT2D eigenvalue weighted by atomic mass is 32.2. The van der Waals surface area contributed by atoms with Crippen LogP contribution in [0.3, 0.4) is 0 Å². The standard InChI is InChI=1S/C25H32N6O5S/c26-25(27)30-14-6-10-19(23(30)33)28-22(32)15-31-21-11-5-4-9-18(21)12-13-20(24(31)34)29-37(35,36)16-17-7-2-1-3-8-17/h1-5,7-9,11,19-20,23,29,33H,6,10,12-16H2,(H3,26,27)(H,28,32)/t19-,20+,23?/m0/s1. The Balaban J connectivity index is 1.51. The molecule has 37 heavy (non-hydrogen) atoms. The molecule has 2 aromatic carbocycles. The van der Waals surface area contributed by atoms with Gasteiger partial charge in [0.1, 0.15) is 18.8 Å². The van der Waals surface area contributed by atoms with Gasteiger partial charge in [0.25, 0.3) is 0 Å². The first-order chi connectivity index (χ1) is 17.6. The van der Waals surface area contributed by atoms with E-state index in [0.717, 1.165) is 5.56 Å². The highest BCUT2D eigenvalue weighted by Gasteiger charge is 2.36. The van der Waals surface area contributed by atoms with Gasteiger partial charge < -0.3 is 26.0 Å². The van der Waals surface area contributed by atoms with E-state index in [0.29, 0.717) is 37.1 Å². The van der Waals surface area contributed by atoms with Crippen LogP contribution in [0.15, 0.2) is 54.6 Å². The maximum atomic E-state index is 13.6. The summed E-state index contributed by atoms with van der Waals surface area (Å²) in [4.78, 5) is 29.2. The van der Waals surface area contributed by atoms with Crippen molar-refractivity contribution in [2.45, 2.75) is 49.7 Å². The number of amides is 2. The molecular weight excluding hydrogens is 496 g/mol. The number of sulfonamides is 1. The number of piperidine rings is 1. The predicted molar refractivity (Wildman–Crippen MR) is 139 cm³/mol. The van der Waals surface area contributed by atoms with E-state index < -0.39 is 40.1 Å². The van der Waals surface area contributed by atoms with E-state index in [1.807, 2.05) is 12.1 Å². The van der Waals surface area contributed by atoms with Gasteiger partial charge in [0.15, 0.2) is 5.96 Å². The third kappa shape index (κ3) is 6.45. The number of guanidine groups is 1. The highest BCUT2D eigenvalue weighted by Crippen LogP contribution is 2.27. The summed E-state index contributed by atoms with van der Waals surface area (Å²) in [6.07, 6.45) is 0.658. The second kappa shape index (κ2) is 11.3. The summed E-state index contributed by atoms with van der Waals surface area (Å²) >= 11 is 0. The monoisotopic (exact) mass is 528 g/mol. The molecule has 0 aliphatic carbocycles. The Bertz CT molecular complexity index is 1260. The first-order valence-electron chi connectivity index (χ1n) is 12.2. The fourth-order valence-electron chi connectivity index (χ4n) is 4.83. The molecule has 1 unspecified atom stereocenters. The zero-order valence-electron chi connectivity index (χ0n) is 20.3. The van der Waals surface area contributed by atoms with Gasteiger partial charge in [-0.2, -0.15) is 0 Å². The van der Waals surface area contributed by atoms with Crippen molar-refractivity contribution in [1.82, 2.24) is 14.9 Å². The number of nitrogens with two attached hydrogens (primary N) is 1. The fourth-order valence-corrected chi connectivity index (χ4v) is 6.19. The number of anilines is 1. The lowest BCUT2D eigenvalue weighted by atomic mass is 10.0. The van der Waals surface area contributed by atoms with Crippen LogP contribution >= 0.6 is 0 Å². The van der Waals surface area contributed by atoms with Crippen molar-refractivity contribution < 1.29 is 23.1 Å². The summed E-state index contributed by atoms with van der Waals surface area (Å²) in [5.41, 5.74) is 7.50. The lowest BCUT2D eigenvalue weighted by molar-refractivity contribution is -0.126. The van der Waals surface area contributed by atoms with E-state index in [1.165, 1.54) is 9.80 Å². The predicted octanol–water partition coefficient (Wildman–Crippen LogP) is 0.246. The number of aryl methyl sites for hydroxylation is 1. The van der Waals surface area contributed by atoms with E-state index in [-0.39, 0.29) is 24.7 Å². The summed E-state index contributed by atoms with van der Waals surface area (Å²) in [6.45, 7) is 0.0573. The van der Waals surface area contributed by atoms with Crippen LogP contribution in [-0.2, 0) is 31.8 Å². The largest absolute Gasteiger partial charge is 0.371 e. The molecule has 6 N–H and O–H groups in total. The van der Waals surface area contributed by atoms with Gasteiger partial charge in [-0.1, -0.05) is 48.5 Å². The van der Waals surface area contributed by atoms with E-state index >= 15 is 0 Å². The van der Waals surface area contributed by atoms with Crippen LogP contribution in [0.25, 0.3) is 0 Å². The zero-order valence-corrected chi connectivity index (χ0v) is 21.2. The quantitative estimate of drug-likeness (QED) is 0.253. The molecule has 12 heteroatoms. The molecule has 0 saturated carbocycles. The Morgan fingerprint density at radius 3 is 2.54 bits per heavy atom. The van der Waals surface area contributed by atoms with Crippen molar-refractivity contribution in [3.63, 3.8) is 0 Å². The SMILES string of the molecule is N=C(N)N1CCC[C@H](NC(=O)CN2C(=O)[C@H](NS(=O)(=O)Cc3ccccc3)CCc3ccccc32)C1O. The molecule has 1 fully saturated rings. The number of rotatable bonds is 7. The minimum atomic E-state index is -3.84. The molecule has 2 amide bonds. The number of carbonyl (C=O) groups is 2. The molecule has 1 saturated heterocycles. The molecule has 4 rings (SSSR count). The van der Waals surface area contributed by atoms with Gasteiger partial charge in [-0.05, 0) is 42.9 Å². The maximum Gasteiger partial charge on any atom is 0.245 e. The summed E-state index contributed by atoms with van der Waals surface area (Å²) in [5, 5.41) is 20.9. The lowest BCUT2D eigenvalue weighted by Crippen LogP contribution is -2.59. The number of hydrogen-bond acceptors (Lipinski definition) is 6. The molecule has 0 bridgehead atoms. The van der Waals surface area contributed by atoms with Crippen molar-refractivity contribution in [2.75, 3.05) is 18.0 Å². The number of carbonyl (C=O) groups excluding carboxylic acids is 2. The number of para-hydroxylation sites is 1. The number of nitrogens with one attached hydrogen (secondary N) is 3. The number of aliphatic hydroxyl groups excluding tert-OH is 1. The summed E-state index contributed by atoms with van der Waals surface area (Å²) in [7, 11) is -3.84. The van der Waals surface area contributed by atoms with Crippen molar-refractivity contribution >= 4 is 33.5 Å². The van der Waals surface area contributed by atoms with Gasteiger partial charge in [-0.3, -0.25) is 15.0 Å². The van der Waals surface area contributed by atoms with Gasteiger partial charge in [-0.25, -0.2) is 13.1 Å². The number of likely N-dealkylation sites (tertiary alicyclic amines) is 1. The van der Waals surface area contributed by atoms with Crippen molar-refractivity contribution in [1.29, 1.82) is 5.41 Å². The first-order valence-corrected chi connectivity index (χ1v) is 13.8. The molecule has 0 aromatic heterocycles. The minimum absolute atomic E-state index is 0.247. The molecule has 198 valence electrons.